The summed E-state index contributed by atoms with van der Waals surface area (Å²) in [7, 11) is 0. The summed E-state index contributed by atoms with van der Waals surface area (Å²) in [4.78, 5) is 37.1. The number of nitriles is 1. The molecule has 0 aromatic heterocycles. The Morgan fingerprint density at radius 3 is 2.77 bits per heavy atom. The lowest BCUT2D eigenvalue weighted by Crippen LogP contribution is -2.37. The number of unbranched alkanes of at least 4 members (excludes halogenated alkanes) is 1. The molecular formula is C31H29FN4O4. The van der Waals surface area contributed by atoms with Crippen molar-refractivity contribution in [3.05, 3.63) is 89.0 Å². The number of aliphatic carboxylic acids is 1. The van der Waals surface area contributed by atoms with E-state index in [4.69, 9.17) is 14.9 Å². The SMILES string of the molecule is CC1(C2=CCC(C#N)C=C2)CC(C2=CC=C3CC(=C2)N=C(CCCCC(=O)O)N(c2ccc(F)cc2)C3=O)=NO1. The van der Waals surface area contributed by atoms with E-state index >= 15 is 0 Å². The van der Waals surface area contributed by atoms with Gasteiger partial charge in [-0.25, -0.2) is 9.38 Å². The second kappa shape index (κ2) is 11.3. The van der Waals surface area contributed by atoms with Gasteiger partial charge in [-0.1, -0.05) is 35.5 Å². The number of carbonyl (C=O) groups is 2. The molecule has 0 saturated carbocycles. The standard InChI is InChI=1S/C31H29FN4O4/c1-31(23-10-6-20(19-33)7-11-23)18-27(35-40-31)21-8-9-22-17-25(16-21)34-28(4-2-3-5-29(37)38)36(30(22)39)26-14-12-24(32)13-15-26/h6,8-16,20H,2-5,7,17-18H2,1H3,(H,37,38). The topological polar surface area (TPSA) is 115 Å². The molecule has 2 bridgehead atoms. The van der Waals surface area contributed by atoms with E-state index in [0.717, 1.165) is 16.9 Å². The van der Waals surface area contributed by atoms with Crippen molar-refractivity contribution in [1.29, 1.82) is 5.26 Å². The number of anilines is 1. The summed E-state index contributed by atoms with van der Waals surface area (Å²) < 4.78 is 13.7. The number of carboxylic acid groups (broad SMARTS) is 1. The van der Waals surface area contributed by atoms with E-state index in [-0.39, 0.29) is 18.2 Å². The quantitative estimate of drug-likeness (QED) is 0.411. The van der Waals surface area contributed by atoms with Crippen LogP contribution in [0.4, 0.5) is 10.1 Å². The number of oxime groups is 1. The normalized spacial score (nSPS) is 23.9. The Morgan fingerprint density at radius 2 is 2.08 bits per heavy atom. The number of fused-ring (bicyclic) bond motifs is 2. The molecular weight excluding hydrogens is 511 g/mol. The number of allylic oxidation sites excluding steroid dienone is 7. The summed E-state index contributed by atoms with van der Waals surface area (Å²) in [6, 6.07) is 7.93. The van der Waals surface area contributed by atoms with Crippen LogP contribution in [0.2, 0.25) is 0 Å². The van der Waals surface area contributed by atoms with Crippen LogP contribution in [0.15, 0.2) is 93.3 Å². The van der Waals surface area contributed by atoms with Crippen LogP contribution < -0.4 is 4.90 Å². The van der Waals surface area contributed by atoms with Crippen molar-refractivity contribution in [1.82, 2.24) is 0 Å². The van der Waals surface area contributed by atoms with Crippen LogP contribution in [0, 0.1) is 23.1 Å². The van der Waals surface area contributed by atoms with E-state index in [9.17, 15) is 19.2 Å². The highest BCUT2D eigenvalue weighted by atomic mass is 19.1. The molecule has 2 unspecified atom stereocenters. The maximum Gasteiger partial charge on any atom is 0.303 e. The summed E-state index contributed by atoms with van der Waals surface area (Å²) in [5, 5.41) is 22.6. The van der Waals surface area contributed by atoms with Crippen LogP contribution in [-0.2, 0) is 14.4 Å². The number of aliphatic imine (C=N–C) groups is 1. The Balaban J connectivity index is 1.43. The average molecular weight is 541 g/mol. The molecule has 0 saturated heterocycles. The Hall–Kier alpha value is -4.58. The third-order valence-corrected chi connectivity index (χ3v) is 7.36. The third-order valence-electron chi connectivity index (χ3n) is 7.36. The van der Waals surface area contributed by atoms with Gasteiger partial charge in [-0.2, -0.15) is 5.26 Å². The van der Waals surface area contributed by atoms with E-state index in [1.54, 1.807) is 6.08 Å². The minimum atomic E-state index is -0.875. The molecule has 1 amide bonds. The minimum absolute atomic E-state index is 0.0277. The predicted molar refractivity (Wildman–Crippen MR) is 149 cm³/mol. The number of amides is 1. The lowest BCUT2D eigenvalue weighted by atomic mass is 9.84. The van der Waals surface area contributed by atoms with Crippen LogP contribution in [0.25, 0.3) is 0 Å². The first-order valence-electron chi connectivity index (χ1n) is 13.3. The Bertz CT molecular complexity index is 1490. The zero-order chi connectivity index (χ0) is 28.3. The van der Waals surface area contributed by atoms with Crippen molar-refractivity contribution < 1.29 is 23.9 Å². The molecule has 5 rings (SSSR count). The van der Waals surface area contributed by atoms with Gasteiger partial charge in [-0.05, 0) is 62.1 Å². The highest BCUT2D eigenvalue weighted by Gasteiger charge is 2.39. The summed E-state index contributed by atoms with van der Waals surface area (Å²) in [5.41, 5.74) is 3.53. The van der Waals surface area contributed by atoms with E-state index in [0.29, 0.717) is 61.3 Å². The molecule has 1 aromatic rings. The van der Waals surface area contributed by atoms with Gasteiger partial charge in [0.05, 0.1) is 23.4 Å². The molecule has 1 N–H and O–H groups in total. The van der Waals surface area contributed by atoms with E-state index in [2.05, 4.69) is 11.2 Å². The summed E-state index contributed by atoms with van der Waals surface area (Å²) in [6.07, 6.45) is 14.2. The highest BCUT2D eigenvalue weighted by molar-refractivity contribution is 6.24. The molecule has 0 fully saturated rings. The fourth-order valence-corrected chi connectivity index (χ4v) is 5.14. The molecule has 0 spiro atoms. The number of halogens is 1. The molecule has 9 heteroatoms. The number of nitrogens with zero attached hydrogens (tertiary/aromatic N) is 4. The van der Waals surface area contributed by atoms with Crippen molar-refractivity contribution in [3.8, 4) is 6.07 Å². The highest BCUT2D eigenvalue weighted by Crippen LogP contribution is 2.38. The van der Waals surface area contributed by atoms with Gasteiger partial charge in [0, 0.05) is 42.5 Å². The third kappa shape index (κ3) is 5.71. The number of carbonyl (C=O) groups excluding carboxylic acids is 1. The fraction of sp³-hybridized carbons (Fsp3) is 0.323. The second-order valence-corrected chi connectivity index (χ2v) is 10.4. The number of hydrogen-bond acceptors (Lipinski definition) is 6. The smallest absolute Gasteiger partial charge is 0.303 e. The summed E-state index contributed by atoms with van der Waals surface area (Å²) >= 11 is 0. The summed E-state index contributed by atoms with van der Waals surface area (Å²) in [5.74, 6) is -1.20. The van der Waals surface area contributed by atoms with Crippen LogP contribution in [-0.4, -0.2) is 34.1 Å². The van der Waals surface area contributed by atoms with Crippen molar-refractivity contribution in [3.63, 3.8) is 0 Å². The van der Waals surface area contributed by atoms with Crippen LogP contribution in [0.3, 0.4) is 0 Å². The molecule has 204 valence electrons. The molecule has 1 aromatic carbocycles. The second-order valence-electron chi connectivity index (χ2n) is 10.4. The fourth-order valence-electron chi connectivity index (χ4n) is 5.14. The average Bonchev–Trinajstić information content (AvgIpc) is 3.16. The van der Waals surface area contributed by atoms with Gasteiger partial charge in [0.2, 0.25) is 0 Å². The lowest BCUT2D eigenvalue weighted by Gasteiger charge is -2.25. The Kier molecular flexibility index (Phi) is 7.60. The van der Waals surface area contributed by atoms with Crippen LogP contribution >= 0.6 is 0 Å². The monoisotopic (exact) mass is 540 g/mol. The first kappa shape index (κ1) is 27.0. The van der Waals surface area contributed by atoms with Crippen molar-refractivity contribution in [2.45, 2.75) is 57.5 Å². The Labute approximate surface area is 231 Å². The molecule has 4 aliphatic rings. The van der Waals surface area contributed by atoms with Gasteiger partial charge in [-0.15, -0.1) is 0 Å². The van der Waals surface area contributed by atoms with E-state index in [1.807, 2.05) is 37.3 Å². The maximum atomic E-state index is 13.8. The lowest BCUT2D eigenvalue weighted by molar-refractivity contribution is -0.137. The molecule has 40 heavy (non-hydrogen) atoms. The number of amidine groups is 1. The van der Waals surface area contributed by atoms with Gasteiger partial charge in [0.1, 0.15) is 11.7 Å². The van der Waals surface area contributed by atoms with E-state index < -0.39 is 17.4 Å². The molecule has 2 aliphatic heterocycles. The van der Waals surface area contributed by atoms with Gasteiger partial charge < -0.3 is 9.94 Å². The van der Waals surface area contributed by atoms with Gasteiger partial charge in [0.15, 0.2) is 5.60 Å². The van der Waals surface area contributed by atoms with Crippen molar-refractivity contribution in [2.24, 2.45) is 16.1 Å². The predicted octanol–water partition coefficient (Wildman–Crippen LogP) is 5.92. The van der Waals surface area contributed by atoms with Crippen LogP contribution in [0.1, 0.15) is 51.9 Å². The van der Waals surface area contributed by atoms with Crippen LogP contribution in [0.5, 0.6) is 0 Å². The number of rotatable bonds is 8. The first-order chi connectivity index (χ1) is 19.3. The summed E-state index contributed by atoms with van der Waals surface area (Å²) in [6.45, 7) is 1.97. The van der Waals surface area contributed by atoms with E-state index in [1.165, 1.54) is 29.2 Å². The maximum absolute atomic E-state index is 13.8. The number of hydrogen-bond donors (Lipinski definition) is 1. The molecule has 2 atom stereocenters. The molecule has 8 nitrogen and oxygen atoms in total. The number of carboxylic acids is 1. The first-order valence-corrected chi connectivity index (χ1v) is 13.3. The van der Waals surface area contributed by atoms with Gasteiger partial charge in [-0.3, -0.25) is 14.5 Å². The van der Waals surface area contributed by atoms with Gasteiger partial charge in [0.25, 0.3) is 5.91 Å². The number of benzene rings is 1. The molecule has 2 heterocycles. The van der Waals surface area contributed by atoms with Crippen molar-refractivity contribution in [2.75, 3.05) is 4.90 Å². The molecule has 0 radical (unpaired) electrons. The zero-order valence-electron chi connectivity index (χ0n) is 22.1. The van der Waals surface area contributed by atoms with Gasteiger partial charge >= 0.3 is 5.97 Å². The Morgan fingerprint density at radius 1 is 1.27 bits per heavy atom. The minimum Gasteiger partial charge on any atom is -0.481 e. The zero-order valence-corrected chi connectivity index (χ0v) is 22.1. The van der Waals surface area contributed by atoms with Crippen molar-refractivity contribution >= 4 is 29.1 Å². The molecule has 2 aliphatic carbocycles. The largest absolute Gasteiger partial charge is 0.481 e.